The van der Waals surface area contributed by atoms with Crippen LogP contribution in [0.3, 0.4) is 0 Å². The highest BCUT2D eigenvalue weighted by Crippen LogP contribution is 2.20. The molecule has 1 fully saturated rings. The number of carbonyl (C=O) groups is 1. The molecule has 2 aromatic rings. The minimum Gasteiger partial charge on any atom is -0.439 e. The summed E-state index contributed by atoms with van der Waals surface area (Å²) < 4.78 is 5.70. The second kappa shape index (κ2) is 7.24. The molecule has 0 spiro atoms. The van der Waals surface area contributed by atoms with Crippen LogP contribution < -0.4 is 4.74 Å². The van der Waals surface area contributed by atoms with Crippen LogP contribution in [-0.4, -0.2) is 53.4 Å². The molecule has 0 aliphatic carbocycles. The Morgan fingerprint density at radius 3 is 2.57 bits per heavy atom. The van der Waals surface area contributed by atoms with E-state index in [4.69, 9.17) is 4.74 Å². The Hall–Kier alpha value is -2.40. The molecule has 1 aliphatic heterocycles. The first-order valence-electron chi connectivity index (χ1n) is 7.97. The minimum absolute atomic E-state index is 0.0427. The van der Waals surface area contributed by atoms with Gasteiger partial charge in [-0.15, -0.1) is 0 Å². The van der Waals surface area contributed by atoms with E-state index in [1.165, 1.54) is 0 Å². The summed E-state index contributed by atoms with van der Waals surface area (Å²) in [5.74, 6) is 1.19. The highest BCUT2D eigenvalue weighted by molar-refractivity contribution is 5.94. The van der Waals surface area contributed by atoms with E-state index in [-0.39, 0.29) is 5.91 Å². The van der Waals surface area contributed by atoms with E-state index in [9.17, 15) is 4.79 Å². The van der Waals surface area contributed by atoms with E-state index < -0.39 is 0 Å². The molecule has 2 heterocycles. The van der Waals surface area contributed by atoms with Gasteiger partial charge in [0, 0.05) is 44.0 Å². The normalized spacial score (nSPS) is 15.4. The molecule has 1 aromatic carbocycles. The average Bonchev–Trinajstić information content (AvgIpc) is 2.62. The number of pyridine rings is 1. The first-order chi connectivity index (χ1) is 11.3. The maximum Gasteiger partial charge on any atom is 0.254 e. The van der Waals surface area contributed by atoms with Gasteiger partial charge >= 0.3 is 0 Å². The number of benzene rings is 1. The molecule has 0 N–H and O–H groups in total. The number of amides is 1. The maximum absolute atomic E-state index is 12.6. The number of piperazine rings is 1. The van der Waals surface area contributed by atoms with E-state index in [0.717, 1.165) is 32.7 Å². The number of hydrogen-bond acceptors (Lipinski definition) is 4. The lowest BCUT2D eigenvalue weighted by Crippen LogP contribution is -2.48. The zero-order valence-electron chi connectivity index (χ0n) is 13.3. The predicted molar refractivity (Wildman–Crippen MR) is 88.8 cm³/mol. The average molecular weight is 311 g/mol. The molecular weight excluding hydrogens is 290 g/mol. The summed E-state index contributed by atoms with van der Waals surface area (Å²) in [5.41, 5.74) is 0.621. The van der Waals surface area contributed by atoms with Crippen molar-refractivity contribution >= 4 is 5.91 Å². The molecule has 0 saturated carbocycles. The molecule has 120 valence electrons. The molecule has 0 unspecified atom stereocenters. The predicted octanol–water partition coefficient (Wildman–Crippen LogP) is 2.65. The van der Waals surface area contributed by atoms with Crippen LogP contribution in [0.2, 0.25) is 0 Å². The summed E-state index contributed by atoms with van der Waals surface area (Å²) in [6, 6.07) is 12.9. The summed E-state index contributed by atoms with van der Waals surface area (Å²) in [7, 11) is 0. The molecule has 0 bridgehead atoms. The summed E-state index contributed by atoms with van der Waals surface area (Å²) in [5, 5.41) is 0. The van der Waals surface area contributed by atoms with Crippen molar-refractivity contribution < 1.29 is 9.53 Å². The minimum atomic E-state index is 0.0427. The fraction of sp³-hybridized carbons (Fsp3) is 0.333. The zero-order chi connectivity index (χ0) is 16.1. The van der Waals surface area contributed by atoms with Crippen LogP contribution in [0, 0.1) is 0 Å². The second-order valence-electron chi connectivity index (χ2n) is 5.52. The van der Waals surface area contributed by atoms with Crippen LogP contribution in [0.5, 0.6) is 11.6 Å². The maximum atomic E-state index is 12.6. The van der Waals surface area contributed by atoms with Gasteiger partial charge in [-0.05, 0) is 24.7 Å². The summed E-state index contributed by atoms with van der Waals surface area (Å²) in [6.07, 6.45) is 1.62. The Morgan fingerprint density at radius 2 is 1.87 bits per heavy atom. The molecule has 1 amide bonds. The van der Waals surface area contributed by atoms with Crippen molar-refractivity contribution in [2.45, 2.75) is 6.92 Å². The van der Waals surface area contributed by atoms with Gasteiger partial charge in [0.15, 0.2) is 0 Å². The van der Waals surface area contributed by atoms with Gasteiger partial charge in [0.2, 0.25) is 5.88 Å². The van der Waals surface area contributed by atoms with Crippen LogP contribution in [-0.2, 0) is 0 Å². The lowest BCUT2D eigenvalue weighted by atomic mass is 10.2. The van der Waals surface area contributed by atoms with Crippen molar-refractivity contribution in [1.82, 2.24) is 14.8 Å². The van der Waals surface area contributed by atoms with Crippen molar-refractivity contribution in [3.8, 4) is 11.6 Å². The van der Waals surface area contributed by atoms with E-state index >= 15 is 0 Å². The van der Waals surface area contributed by atoms with E-state index in [2.05, 4.69) is 16.8 Å². The molecule has 5 nitrogen and oxygen atoms in total. The van der Waals surface area contributed by atoms with Gasteiger partial charge in [0.1, 0.15) is 5.75 Å². The fourth-order valence-corrected chi connectivity index (χ4v) is 2.66. The van der Waals surface area contributed by atoms with E-state index in [0.29, 0.717) is 17.2 Å². The lowest BCUT2D eigenvalue weighted by Gasteiger charge is -2.34. The molecule has 0 radical (unpaired) electrons. The van der Waals surface area contributed by atoms with Gasteiger partial charge < -0.3 is 14.5 Å². The third-order valence-electron chi connectivity index (χ3n) is 4.05. The molecule has 23 heavy (non-hydrogen) atoms. The molecule has 3 rings (SSSR count). The number of ether oxygens (including phenoxy) is 1. The molecular formula is C18H21N3O2. The van der Waals surface area contributed by atoms with Gasteiger partial charge in [-0.2, -0.15) is 0 Å². The quantitative estimate of drug-likeness (QED) is 0.871. The summed E-state index contributed by atoms with van der Waals surface area (Å²) >= 11 is 0. The van der Waals surface area contributed by atoms with Gasteiger partial charge in [0.25, 0.3) is 5.91 Å². The SMILES string of the molecule is CCN1CCN(C(=O)c2ccnc(Oc3ccccc3)c2)CC1. The molecule has 1 aliphatic rings. The number of hydrogen-bond donors (Lipinski definition) is 0. The van der Waals surface area contributed by atoms with Gasteiger partial charge in [-0.3, -0.25) is 4.79 Å². The van der Waals surface area contributed by atoms with Crippen molar-refractivity contribution in [3.63, 3.8) is 0 Å². The van der Waals surface area contributed by atoms with Crippen LogP contribution in [0.25, 0.3) is 0 Å². The largest absolute Gasteiger partial charge is 0.439 e. The lowest BCUT2D eigenvalue weighted by molar-refractivity contribution is 0.0643. The second-order valence-corrected chi connectivity index (χ2v) is 5.52. The number of aromatic nitrogens is 1. The Bertz CT molecular complexity index is 652. The van der Waals surface area contributed by atoms with Crippen LogP contribution in [0.4, 0.5) is 0 Å². The standard InChI is InChI=1S/C18H21N3O2/c1-2-20-10-12-21(13-11-20)18(22)15-8-9-19-17(14-15)23-16-6-4-3-5-7-16/h3-9,14H,2,10-13H2,1H3. The van der Waals surface area contributed by atoms with Crippen molar-refractivity contribution in [3.05, 3.63) is 54.2 Å². The van der Waals surface area contributed by atoms with Crippen LogP contribution >= 0.6 is 0 Å². The summed E-state index contributed by atoms with van der Waals surface area (Å²) in [4.78, 5) is 21.1. The Kier molecular flexibility index (Phi) is 4.88. The smallest absolute Gasteiger partial charge is 0.254 e. The number of rotatable bonds is 4. The van der Waals surface area contributed by atoms with Gasteiger partial charge in [-0.1, -0.05) is 25.1 Å². The number of carbonyl (C=O) groups excluding carboxylic acids is 1. The Labute approximate surface area is 136 Å². The number of para-hydroxylation sites is 1. The monoisotopic (exact) mass is 311 g/mol. The molecule has 1 saturated heterocycles. The van der Waals surface area contributed by atoms with Crippen molar-refractivity contribution in [2.75, 3.05) is 32.7 Å². The molecule has 0 atom stereocenters. The Morgan fingerprint density at radius 1 is 1.13 bits per heavy atom. The number of nitrogens with zero attached hydrogens (tertiary/aromatic N) is 3. The van der Waals surface area contributed by atoms with Crippen molar-refractivity contribution in [1.29, 1.82) is 0 Å². The van der Waals surface area contributed by atoms with E-state index in [1.807, 2.05) is 35.2 Å². The molecule has 1 aromatic heterocycles. The third kappa shape index (κ3) is 3.87. The Balaban J connectivity index is 1.68. The van der Waals surface area contributed by atoms with Crippen LogP contribution in [0.1, 0.15) is 17.3 Å². The van der Waals surface area contributed by atoms with Gasteiger partial charge in [0.05, 0.1) is 0 Å². The van der Waals surface area contributed by atoms with Crippen LogP contribution in [0.15, 0.2) is 48.7 Å². The first-order valence-corrected chi connectivity index (χ1v) is 7.97. The third-order valence-corrected chi connectivity index (χ3v) is 4.05. The van der Waals surface area contributed by atoms with Gasteiger partial charge in [-0.25, -0.2) is 4.98 Å². The first kappa shape index (κ1) is 15.5. The highest BCUT2D eigenvalue weighted by Gasteiger charge is 2.21. The highest BCUT2D eigenvalue weighted by atomic mass is 16.5. The van der Waals surface area contributed by atoms with Crippen molar-refractivity contribution in [2.24, 2.45) is 0 Å². The number of likely N-dealkylation sites (N-methyl/N-ethyl adjacent to an activating group) is 1. The topological polar surface area (TPSA) is 45.7 Å². The molecule has 5 heteroatoms. The summed E-state index contributed by atoms with van der Waals surface area (Å²) in [6.45, 7) is 6.58. The fourth-order valence-electron chi connectivity index (χ4n) is 2.66. The van der Waals surface area contributed by atoms with E-state index in [1.54, 1.807) is 18.3 Å². The zero-order valence-corrected chi connectivity index (χ0v) is 13.3.